The third-order valence-electron chi connectivity index (χ3n) is 11.4. The largest absolute Gasteiger partial charge is 0.497 e. The number of hydrogen-bond donors (Lipinski definition) is 3. The van der Waals surface area contributed by atoms with Gasteiger partial charge in [-0.1, -0.05) is 54.6 Å². The third-order valence-corrected chi connectivity index (χ3v) is 15.0. The quantitative estimate of drug-likeness (QED) is 0.0985. The van der Waals surface area contributed by atoms with Crippen LogP contribution in [0.5, 0.6) is 17.2 Å². The average Bonchev–Trinajstić information content (AvgIpc) is 4.12. The predicted octanol–water partition coefficient (Wildman–Crippen LogP) is 5.74. The van der Waals surface area contributed by atoms with Crippen molar-refractivity contribution in [3.05, 3.63) is 126 Å². The first-order valence-corrected chi connectivity index (χ1v) is 24.9. The zero-order valence-electron chi connectivity index (χ0n) is 39.2. The van der Waals surface area contributed by atoms with Crippen molar-refractivity contribution in [1.29, 1.82) is 0 Å². The van der Waals surface area contributed by atoms with E-state index in [-0.39, 0.29) is 73.0 Å². The third kappa shape index (κ3) is 10.7. The molecule has 366 valence electrons. The molecule has 3 heterocycles. The SMILES string of the molecule is COc1ccc(CN(Cc2ccc(OC)cc2)S(=O)(=O)c2c(S(=O)(=O)N[C@@H]3CCN(C(=O)OC(C)(C)C)C3)ccc(-c3cccc4[nH]c(C(N)=O)nc34)c2-c2nnn(Cc3ccc(OC)cc3)n2)cc1. The van der Waals surface area contributed by atoms with Crippen molar-refractivity contribution in [2.45, 2.75) is 68.3 Å². The molecule has 5 aromatic carbocycles. The number of aromatic amines is 1. The van der Waals surface area contributed by atoms with E-state index in [0.29, 0.717) is 33.9 Å². The molecule has 20 nitrogen and oxygen atoms in total. The second-order valence-corrected chi connectivity index (χ2v) is 21.0. The molecule has 7 aromatic rings. The molecule has 22 heteroatoms. The van der Waals surface area contributed by atoms with Gasteiger partial charge >= 0.3 is 6.09 Å². The molecule has 0 radical (unpaired) electrons. The molecule has 1 saturated heterocycles. The number of benzene rings is 5. The molecular weight excluding hydrogens is 941 g/mol. The number of primary amides is 1. The molecule has 1 aliphatic rings. The topological polar surface area (TPSA) is 256 Å². The lowest BCUT2D eigenvalue weighted by Gasteiger charge is -2.27. The lowest BCUT2D eigenvalue weighted by Crippen LogP contribution is -2.41. The van der Waals surface area contributed by atoms with Crippen molar-refractivity contribution in [3.63, 3.8) is 0 Å². The van der Waals surface area contributed by atoms with Gasteiger partial charge in [0, 0.05) is 37.8 Å². The van der Waals surface area contributed by atoms with E-state index in [1.807, 2.05) is 0 Å². The summed E-state index contributed by atoms with van der Waals surface area (Å²) in [5.41, 5.74) is 7.52. The van der Waals surface area contributed by atoms with Crippen LogP contribution in [0, 0.1) is 0 Å². The van der Waals surface area contributed by atoms with Crippen LogP contribution < -0.4 is 24.7 Å². The number of amides is 2. The number of nitrogens with one attached hydrogen (secondary N) is 2. The minimum atomic E-state index is -5.02. The Bertz CT molecular complexity index is 3220. The van der Waals surface area contributed by atoms with E-state index in [4.69, 9.17) is 29.8 Å². The van der Waals surface area contributed by atoms with Crippen LogP contribution in [-0.4, -0.2) is 114 Å². The van der Waals surface area contributed by atoms with E-state index in [1.165, 1.54) is 40.4 Å². The Morgan fingerprint density at radius 1 is 0.800 bits per heavy atom. The highest BCUT2D eigenvalue weighted by Crippen LogP contribution is 2.43. The molecule has 4 N–H and O–H groups in total. The summed E-state index contributed by atoms with van der Waals surface area (Å²) in [5.74, 6) is 0.453. The standard InChI is InChI=1S/C48H52N10O10S2/c1-48(2,3)68-47(60)56-25-24-33(29-56)54-69(61,62)40-23-22-37(38-8-7-9-39-42(38)51-46(50-39)44(49)59)41(45-52-55-58(53-45)28-32-14-20-36(67-6)21-15-32)43(40)70(63,64)57(26-30-10-16-34(65-4)17-11-30)27-31-12-18-35(66-5)19-13-31/h7-23,33,54H,24-29H2,1-6H3,(H2,49,59)(H,50,51)/t33-/m1/s1. The second-order valence-electron chi connectivity index (χ2n) is 17.5. The van der Waals surface area contributed by atoms with E-state index in [9.17, 15) is 9.59 Å². The van der Waals surface area contributed by atoms with Gasteiger partial charge in [0.2, 0.25) is 25.9 Å². The Kier molecular flexibility index (Phi) is 13.9. The number of tetrazole rings is 1. The lowest BCUT2D eigenvalue weighted by atomic mass is 9.98. The molecule has 0 unspecified atom stereocenters. The van der Waals surface area contributed by atoms with Crippen molar-refractivity contribution in [1.82, 2.24) is 44.1 Å². The normalized spacial score (nSPS) is 14.3. The highest BCUT2D eigenvalue weighted by atomic mass is 32.2. The highest BCUT2D eigenvalue weighted by Gasteiger charge is 2.40. The molecule has 0 spiro atoms. The van der Waals surface area contributed by atoms with Gasteiger partial charge in [0.1, 0.15) is 32.6 Å². The van der Waals surface area contributed by atoms with Gasteiger partial charge in [-0.05, 0) is 103 Å². The highest BCUT2D eigenvalue weighted by molar-refractivity contribution is 7.92. The number of fused-ring (bicyclic) bond motifs is 1. The summed E-state index contributed by atoms with van der Waals surface area (Å²) in [7, 11) is -5.25. The van der Waals surface area contributed by atoms with E-state index in [2.05, 4.69) is 25.0 Å². The smallest absolute Gasteiger partial charge is 0.410 e. The molecule has 8 rings (SSSR count). The number of para-hydroxylation sites is 1. The summed E-state index contributed by atoms with van der Waals surface area (Å²) in [6.07, 6.45) is -0.412. The summed E-state index contributed by atoms with van der Waals surface area (Å²) in [6.45, 7) is 4.92. The van der Waals surface area contributed by atoms with Gasteiger partial charge in [0.15, 0.2) is 5.82 Å². The van der Waals surface area contributed by atoms with Crippen molar-refractivity contribution in [2.24, 2.45) is 5.73 Å². The molecule has 70 heavy (non-hydrogen) atoms. The fraction of sp³-hybridized carbons (Fsp3) is 0.292. The van der Waals surface area contributed by atoms with Gasteiger partial charge < -0.3 is 34.6 Å². The van der Waals surface area contributed by atoms with Gasteiger partial charge in [0.05, 0.1) is 44.5 Å². The van der Waals surface area contributed by atoms with Crippen LogP contribution in [-0.2, 0) is 44.4 Å². The van der Waals surface area contributed by atoms with E-state index < -0.39 is 53.5 Å². The van der Waals surface area contributed by atoms with Crippen molar-refractivity contribution >= 4 is 43.1 Å². The Morgan fingerprint density at radius 2 is 1.39 bits per heavy atom. The number of ether oxygens (including phenoxy) is 4. The van der Waals surface area contributed by atoms with Crippen LogP contribution >= 0.6 is 0 Å². The first kappa shape index (κ1) is 49.0. The number of nitrogens with zero attached hydrogens (tertiary/aromatic N) is 7. The van der Waals surface area contributed by atoms with Crippen LogP contribution in [0.15, 0.2) is 113 Å². The number of H-pyrrole nitrogens is 1. The van der Waals surface area contributed by atoms with Crippen molar-refractivity contribution < 1.29 is 45.4 Å². The molecule has 1 atom stereocenters. The zero-order chi connectivity index (χ0) is 50.0. The summed E-state index contributed by atoms with van der Waals surface area (Å²) >= 11 is 0. The number of methoxy groups -OCH3 is 3. The molecule has 0 bridgehead atoms. The number of aromatic nitrogens is 6. The number of nitrogens with two attached hydrogens (primary N) is 1. The minimum Gasteiger partial charge on any atom is -0.497 e. The van der Waals surface area contributed by atoms with E-state index in [1.54, 1.807) is 119 Å². The van der Waals surface area contributed by atoms with E-state index >= 15 is 16.8 Å². The van der Waals surface area contributed by atoms with Crippen LogP contribution in [0.1, 0.15) is 54.5 Å². The molecule has 0 aliphatic carbocycles. The number of rotatable bonds is 17. The number of imidazole rings is 1. The zero-order valence-corrected chi connectivity index (χ0v) is 40.9. The molecule has 1 fully saturated rings. The number of likely N-dealkylation sites (tertiary alicyclic amines) is 1. The van der Waals surface area contributed by atoms with Gasteiger partial charge in [0.25, 0.3) is 5.91 Å². The van der Waals surface area contributed by atoms with E-state index in [0.717, 1.165) is 5.56 Å². The first-order chi connectivity index (χ1) is 33.3. The van der Waals surface area contributed by atoms with Crippen molar-refractivity contribution in [2.75, 3.05) is 34.4 Å². The van der Waals surface area contributed by atoms with Gasteiger partial charge in [-0.15, -0.1) is 10.2 Å². The monoisotopic (exact) mass is 992 g/mol. The maximum atomic E-state index is 16.2. The molecule has 1 aliphatic heterocycles. The summed E-state index contributed by atoms with van der Waals surface area (Å²) in [5, 5.41) is 13.5. The van der Waals surface area contributed by atoms with Crippen molar-refractivity contribution in [3.8, 4) is 39.8 Å². The Labute approximate surface area is 404 Å². The van der Waals surface area contributed by atoms with Crippen LogP contribution in [0.25, 0.3) is 33.5 Å². The first-order valence-electron chi connectivity index (χ1n) is 22.0. The Morgan fingerprint density at radius 3 is 1.94 bits per heavy atom. The maximum Gasteiger partial charge on any atom is 0.410 e. The number of hydrogen-bond acceptors (Lipinski definition) is 14. The molecule has 0 saturated carbocycles. The maximum absolute atomic E-state index is 16.2. The fourth-order valence-electron chi connectivity index (χ4n) is 8.00. The summed E-state index contributed by atoms with van der Waals surface area (Å²) in [4.78, 5) is 34.3. The lowest BCUT2D eigenvalue weighted by molar-refractivity contribution is 0.0291. The fourth-order valence-corrected chi connectivity index (χ4v) is 11.7. The van der Waals surface area contributed by atoms with Crippen LogP contribution in [0.2, 0.25) is 0 Å². The number of carbonyl (C=O) groups is 2. The number of carbonyl (C=O) groups excluding carboxylic acids is 2. The molecule has 2 aromatic heterocycles. The predicted molar refractivity (Wildman–Crippen MR) is 258 cm³/mol. The second kappa shape index (κ2) is 19.9. The Balaban J connectivity index is 1.36. The van der Waals surface area contributed by atoms with Gasteiger partial charge in [-0.2, -0.15) is 9.10 Å². The minimum absolute atomic E-state index is 0.0488. The number of sulfonamides is 2. The Hall–Kier alpha value is -7.40. The van der Waals surface area contributed by atoms with Crippen LogP contribution in [0.4, 0.5) is 4.79 Å². The summed E-state index contributed by atoms with van der Waals surface area (Å²) in [6, 6.07) is 27.5. The average molecular weight is 993 g/mol. The van der Waals surface area contributed by atoms with Gasteiger partial charge in [-0.25, -0.2) is 31.3 Å². The summed E-state index contributed by atoms with van der Waals surface area (Å²) < 4.78 is 88.2. The van der Waals surface area contributed by atoms with Crippen LogP contribution in [0.3, 0.4) is 0 Å². The molecular formula is C48H52N10O10S2. The molecule has 2 amide bonds. The van der Waals surface area contributed by atoms with Gasteiger partial charge in [-0.3, -0.25) is 4.79 Å².